The van der Waals surface area contributed by atoms with Gasteiger partial charge in [0.25, 0.3) is 5.91 Å². The van der Waals surface area contributed by atoms with E-state index < -0.39 is 0 Å². The smallest absolute Gasteiger partial charge is 0.266 e. The average molecular weight is 452 g/mol. The Hall–Kier alpha value is -3.58. The van der Waals surface area contributed by atoms with Crippen LogP contribution in [0.5, 0.6) is 17.2 Å². The van der Waals surface area contributed by atoms with Gasteiger partial charge in [0.05, 0.1) is 14.2 Å². The van der Waals surface area contributed by atoms with E-state index in [0.29, 0.717) is 43.5 Å². The highest BCUT2D eigenvalue weighted by Gasteiger charge is 2.22. The van der Waals surface area contributed by atoms with E-state index in [0.717, 1.165) is 5.56 Å². The number of halogens is 1. The van der Waals surface area contributed by atoms with Gasteiger partial charge in [-0.15, -0.1) is 11.3 Å². The van der Waals surface area contributed by atoms with Crippen molar-refractivity contribution in [2.75, 3.05) is 19.5 Å². The number of hydrogen-bond donors (Lipinski definition) is 1. The molecule has 0 aliphatic rings. The number of fused-ring (bicyclic) bond motifs is 1. The Balaban J connectivity index is 1.70. The van der Waals surface area contributed by atoms with Crippen molar-refractivity contribution in [1.29, 1.82) is 0 Å². The van der Waals surface area contributed by atoms with Crippen LogP contribution in [-0.2, 0) is 6.61 Å². The molecule has 32 heavy (non-hydrogen) atoms. The molecule has 0 unspecified atom stereocenters. The summed E-state index contributed by atoms with van der Waals surface area (Å²) in [4.78, 5) is 13.7. The maximum absolute atomic E-state index is 14.7. The number of rotatable bonds is 7. The van der Waals surface area contributed by atoms with Crippen LogP contribution in [0.15, 0.2) is 60.7 Å². The van der Waals surface area contributed by atoms with Crippen molar-refractivity contribution in [1.82, 2.24) is 0 Å². The highest BCUT2D eigenvalue weighted by molar-refractivity contribution is 7.21. The topological polar surface area (TPSA) is 56.8 Å². The minimum Gasteiger partial charge on any atom is -0.493 e. The van der Waals surface area contributed by atoms with Gasteiger partial charge in [-0.3, -0.25) is 4.79 Å². The molecule has 0 bridgehead atoms. The molecule has 3 aromatic carbocycles. The van der Waals surface area contributed by atoms with Crippen molar-refractivity contribution in [3.8, 4) is 17.2 Å². The fourth-order valence-electron chi connectivity index (χ4n) is 3.46. The number of carbonyl (C=O) groups excluding carboxylic acids is 1. The molecule has 164 valence electrons. The van der Waals surface area contributed by atoms with E-state index >= 15 is 0 Å². The number of carbonyl (C=O) groups is 1. The summed E-state index contributed by atoms with van der Waals surface area (Å²) in [6, 6.07) is 17.6. The van der Waals surface area contributed by atoms with Crippen LogP contribution in [0.25, 0.3) is 10.1 Å². The van der Waals surface area contributed by atoms with Crippen LogP contribution in [0.2, 0.25) is 0 Å². The maximum Gasteiger partial charge on any atom is 0.266 e. The van der Waals surface area contributed by atoms with E-state index in [4.69, 9.17) is 14.2 Å². The first kappa shape index (κ1) is 21.6. The van der Waals surface area contributed by atoms with Crippen molar-refractivity contribution < 1.29 is 23.4 Å². The first-order valence-electron chi connectivity index (χ1n) is 9.93. The number of ether oxygens (including phenoxy) is 3. The number of methoxy groups -OCH3 is 2. The molecule has 0 radical (unpaired) electrons. The van der Waals surface area contributed by atoms with Crippen LogP contribution in [0.3, 0.4) is 0 Å². The van der Waals surface area contributed by atoms with Crippen LogP contribution in [0.4, 0.5) is 10.1 Å². The summed E-state index contributed by atoms with van der Waals surface area (Å²) < 4.78 is 31.9. The van der Waals surface area contributed by atoms with Crippen LogP contribution in [-0.4, -0.2) is 20.1 Å². The standard InChI is InChI=1S/C25H22FNO4S/c1-15-12-20(29-2)21(30-3)13-19(15)27-25(28)24-17(14-31-16-8-5-4-6-9-16)23-18(26)10-7-11-22(23)32-24/h4-13H,14H2,1-3H3,(H,27,28). The number of nitrogens with one attached hydrogen (secondary N) is 1. The van der Waals surface area contributed by atoms with Gasteiger partial charge >= 0.3 is 0 Å². The van der Waals surface area contributed by atoms with Gasteiger partial charge in [0.1, 0.15) is 23.1 Å². The lowest BCUT2D eigenvalue weighted by atomic mass is 10.1. The van der Waals surface area contributed by atoms with Crippen molar-refractivity contribution in [2.24, 2.45) is 0 Å². The lowest BCUT2D eigenvalue weighted by Gasteiger charge is -2.14. The third kappa shape index (κ3) is 4.24. The molecule has 1 aromatic heterocycles. The van der Waals surface area contributed by atoms with E-state index in [1.165, 1.54) is 24.5 Å². The summed E-state index contributed by atoms with van der Waals surface area (Å²) in [6.07, 6.45) is 0. The van der Waals surface area contributed by atoms with Crippen LogP contribution >= 0.6 is 11.3 Å². The van der Waals surface area contributed by atoms with Gasteiger partial charge in [-0.2, -0.15) is 0 Å². The van der Waals surface area contributed by atoms with Gasteiger partial charge in [0, 0.05) is 27.4 Å². The molecule has 0 aliphatic heterocycles. The normalized spacial score (nSPS) is 10.8. The zero-order valence-electron chi connectivity index (χ0n) is 17.9. The minimum absolute atomic E-state index is 0.0681. The molecule has 0 saturated heterocycles. The molecule has 5 nitrogen and oxygen atoms in total. The third-order valence-electron chi connectivity index (χ3n) is 5.07. The van der Waals surface area contributed by atoms with Gasteiger partial charge in [-0.1, -0.05) is 24.3 Å². The second-order valence-corrected chi connectivity index (χ2v) is 8.15. The molecule has 1 N–H and O–H groups in total. The van der Waals surface area contributed by atoms with E-state index in [2.05, 4.69) is 5.32 Å². The van der Waals surface area contributed by atoms with Gasteiger partial charge in [-0.05, 0) is 42.8 Å². The Kier molecular flexibility index (Phi) is 6.28. The molecule has 7 heteroatoms. The number of anilines is 1. The molecule has 1 amide bonds. The Bertz CT molecular complexity index is 1270. The number of benzene rings is 3. The summed E-state index contributed by atoms with van der Waals surface area (Å²) in [5.74, 6) is 0.997. The Morgan fingerprint density at radius 3 is 2.44 bits per heavy atom. The molecular weight excluding hydrogens is 429 g/mol. The third-order valence-corrected chi connectivity index (χ3v) is 6.27. The monoisotopic (exact) mass is 451 g/mol. The molecular formula is C25H22FNO4S. The zero-order valence-corrected chi connectivity index (χ0v) is 18.7. The summed E-state index contributed by atoms with van der Waals surface area (Å²) in [5, 5.41) is 3.33. The summed E-state index contributed by atoms with van der Waals surface area (Å²) >= 11 is 1.24. The molecule has 4 aromatic rings. The fraction of sp³-hybridized carbons (Fsp3) is 0.160. The lowest BCUT2D eigenvalue weighted by Crippen LogP contribution is -2.14. The van der Waals surface area contributed by atoms with E-state index in [-0.39, 0.29) is 18.3 Å². The van der Waals surface area contributed by atoms with Gasteiger partial charge in [0.2, 0.25) is 0 Å². The van der Waals surface area contributed by atoms with Crippen LogP contribution in [0, 0.1) is 12.7 Å². The number of amides is 1. The van der Waals surface area contributed by atoms with Gasteiger partial charge < -0.3 is 19.5 Å². The van der Waals surface area contributed by atoms with E-state index in [9.17, 15) is 9.18 Å². The van der Waals surface area contributed by atoms with E-state index in [1.54, 1.807) is 31.4 Å². The first-order chi connectivity index (χ1) is 15.5. The summed E-state index contributed by atoms with van der Waals surface area (Å²) in [6.45, 7) is 1.93. The fourth-order valence-corrected chi connectivity index (χ4v) is 4.57. The van der Waals surface area contributed by atoms with Gasteiger partial charge in [-0.25, -0.2) is 4.39 Å². The molecule has 4 rings (SSSR count). The second kappa shape index (κ2) is 9.28. The predicted molar refractivity (Wildman–Crippen MR) is 125 cm³/mol. The number of aryl methyl sites for hydroxylation is 1. The van der Waals surface area contributed by atoms with Crippen LogP contribution < -0.4 is 19.5 Å². The summed E-state index contributed by atoms with van der Waals surface area (Å²) in [7, 11) is 3.09. The molecule has 1 heterocycles. The molecule has 0 saturated carbocycles. The Morgan fingerprint density at radius 1 is 1.00 bits per heavy atom. The quantitative estimate of drug-likeness (QED) is 0.364. The van der Waals surface area contributed by atoms with E-state index in [1.807, 2.05) is 37.3 Å². The second-order valence-electron chi connectivity index (χ2n) is 7.10. The largest absolute Gasteiger partial charge is 0.493 e. The Labute approximate surface area is 189 Å². The molecule has 0 atom stereocenters. The number of thiophene rings is 1. The molecule has 0 aliphatic carbocycles. The minimum atomic E-state index is -0.383. The Morgan fingerprint density at radius 2 is 1.72 bits per heavy atom. The number of hydrogen-bond acceptors (Lipinski definition) is 5. The molecule has 0 fully saturated rings. The highest BCUT2D eigenvalue weighted by atomic mass is 32.1. The SMILES string of the molecule is COc1cc(C)c(NC(=O)c2sc3cccc(F)c3c2COc2ccccc2)cc1OC. The first-order valence-corrected chi connectivity index (χ1v) is 10.7. The van der Waals surface area contributed by atoms with Crippen molar-refractivity contribution >= 4 is 33.0 Å². The van der Waals surface area contributed by atoms with Gasteiger partial charge in [0.15, 0.2) is 11.5 Å². The summed E-state index contributed by atoms with van der Waals surface area (Å²) in [5.41, 5.74) is 1.91. The van der Waals surface area contributed by atoms with Crippen molar-refractivity contribution in [3.05, 3.63) is 82.5 Å². The molecule has 0 spiro atoms. The number of para-hydroxylation sites is 1. The lowest BCUT2D eigenvalue weighted by molar-refractivity contribution is 0.102. The zero-order chi connectivity index (χ0) is 22.7. The van der Waals surface area contributed by atoms with Crippen molar-refractivity contribution in [3.63, 3.8) is 0 Å². The highest BCUT2D eigenvalue weighted by Crippen LogP contribution is 2.36. The average Bonchev–Trinajstić information content (AvgIpc) is 3.19. The van der Waals surface area contributed by atoms with Crippen molar-refractivity contribution in [2.45, 2.75) is 13.5 Å². The van der Waals surface area contributed by atoms with Crippen LogP contribution in [0.1, 0.15) is 20.8 Å². The maximum atomic E-state index is 14.7. The predicted octanol–water partition coefficient (Wildman–Crippen LogP) is 6.20.